The molecule has 2 saturated heterocycles. The number of hydrogen-bond donors (Lipinski definition) is 0. The molecule has 2 heterocycles. The number of carbonyl (C=O) groups excluding carboxylic acids is 4. The zero-order valence-corrected chi connectivity index (χ0v) is 27.9. The SMILES string of the molecule is Cc1cc2c3c(c(C)ccc3c1)C1=C2C2(C)C3C(=O)N(c4c(F)c(F)c(F)c(F)c4F)C(=O)C3C1(C)C1C(=O)N(c3c(F)c(F)c(F)c(F)c3F)C(=O)C12. The minimum atomic E-state index is -2.57. The Balaban J connectivity index is 1.37. The number of hydrogen-bond acceptors (Lipinski definition) is 4. The zero-order valence-electron chi connectivity index (χ0n) is 27.9. The van der Waals surface area contributed by atoms with Crippen molar-refractivity contribution in [2.45, 2.75) is 27.7 Å². The average molecular weight is 759 g/mol. The molecule has 0 radical (unpaired) electrons. The summed E-state index contributed by atoms with van der Waals surface area (Å²) in [6, 6.07) is 6.97. The number of anilines is 2. The van der Waals surface area contributed by atoms with E-state index >= 15 is 17.6 Å². The van der Waals surface area contributed by atoms with E-state index in [4.69, 9.17) is 0 Å². The second-order valence-corrected chi connectivity index (χ2v) is 14.8. The number of benzene rings is 4. The molecule has 0 aromatic heterocycles. The van der Waals surface area contributed by atoms with Crippen molar-refractivity contribution in [1.82, 2.24) is 0 Å². The zero-order chi connectivity index (χ0) is 39.1. The lowest BCUT2D eigenvalue weighted by molar-refractivity contribution is -0.151. The second-order valence-electron chi connectivity index (χ2n) is 14.8. The van der Waals surface area contributed by atoms with Crippen molar-refractivity contribution >= 4 is 56.9 Å². The van der Waals surface area contributed by atoms with Crippen molar-refractivity contribution in [1.29, 1.82) is 0 Å². The summed E-state index contributed by atoms with van der Waals surface area (Å²) in [5.41, 5.74) is -5.70. The van der Waals surface area contributed by atoms with E-state index in [2.05, 4.69) is 0 Å². The molecule has 10 rings (SSSR count). The molecule has 54 heavy (non-hydrogen) atoms. The van der Waals surface area contributed by atoms with Crippen LogP contribution in [0.3, 0.4) is 0 Å². The lowest BCUT2D eigenvalue weighted by atomic mass is 9.37. The number of amides is 4. The van der Waals surface area contributed by atoms with Gasteiger partial charge in [-0.1, -0.05) is 38.1 Å². The molecule has 3 fully saturated rings. The number of rotatable bonds is 2. The van der Waals surface area contributed by atoms with Crippen LogP contribution >= 0.6 is 0 Å². The highest BCUT2D eigenvalue weighted by Gasteiger charge is 2.81. The van der Waals surface area contributed by atoms with E-state index in [1.165, 1.54) is 13.8 Å². The largest absolute Gasteiger partial charge is 0.274 e. The molecule has 4 aromatic rings. The lowest BCUT2D eigenvalue weighted by Gasteiger charge is -2.61. The normalized spacial score (nSPS) is 28.0. The first-order valence-electron chi connectivity index (χ1n) is 16.3. The first kappa shape index (κ1) is 34.2. The van der Waals surface area contributed by atoms with Gasteiger partial charge in [0, 0.05) is 10.8 Å². The molecular weight excluding hydrogens is 738 g/mol. The Morgan fingerprint density at radius 2 is 0.852 bits per heavy atom. The average Bonchev–Trinajstić information content (AvgIpc) is 3.73. The first-order valence-corrected chi connectivity index (χ1v) is 16.3. The van der Waals surface area contributed by atoms with E-state index in [1.807, 2.05) is 6.07 Å². The van der Waals surface area contributed by atoms with Crippen molar-refractivity contribution in [2.24, 2.45) is 34.5 Å². The highest BCUT2D eigenvalue weighted by molar-refractivity contribution is 6.32. The maximum Gasteiger partial charge on any atom is 0.238 e. The smallest absolute Gasteiger partial charge is 0.238 e. The van der Waals surface area contributed by atoms with Gasteiger partial charge in [-0.3, -0.25) is 19.2 Å². The molecule has 4 aliphatic carbocycles. The molecular formula is C38H20F10N2O4. The topological polar surface area (TPSA) is 74.8 Å². The van der Waals surface area contributed by atoms with Gasteiger partial charge >= 0.3 is 0 Å². The highest BCUT2D eigenvalue weighted by Crippen LogP contribution is 2.79. The molecule has 0 spiro atoms. The fourth-order valence-corrected chi connectivity index (χ4v) is 10.4. The quantitative estimate of drug-likeness (QED) is 0.0909. The Kier molecular flexibility index (Phi) is 6.44. The molecule has 4 amide bonds. The van der Waals surface area contributed by atoms with Gasteiger partial charge in [-0.2, -0.15) is 0 Å². The summed E-state index contributed by atoms with van der Waals surface area (Å²) >= 11 is 0. The van der Waals surface area contributed by atoms with Gasteiger partial charge in [0.15, 0.2) is 46.5 Å². The van der Waals surface area contributed by atoms with Crippen LogP contribution in [0.2, 0.25) is 0 Å². The molecule has 2 bridgehead atoms. The molecule has 0 N–H and O–H groups in total. The van der Waals surface area contributed by atoms with Gasteiger partial charge in [-0.25, -0.2) is 53.7 Å². The van der Waals surface area contributed by atoms with E-state index in [-0.39, 0.29) is 20.9 Å². The summed E-state index contributed by atoms with van der Waals surface area (Å²) in [7, 11) is 0. The highest BCUT2D eigenvalue weighted by atomic mass is 19.2. The molecule has 1 saturated carbocycles. The minimum absolute atomic E-state index is 0.186. The maximum absolute atomic E-state index is 15.4. The third-order valence-corrected chi connectivity index (χ3v) is 12.3. The Hall–Kier alpha value is -5.54. The standard InChI is InChI=1S/C38H20F10N2O4/c1-9-7-11-6-5-10(2)13-14(11)12(8-9)15-16(13)38(4)19-17(33(51)49(35(19)53)31-27(45)23(41)21(39)24(42)28(31)46)37(15,3)18-20(38)36(54)50(34(18)52)32-29(47)25(43)22(40)26(44)30(32)48/h5-8,17-20H,1-4H3. The first-order chi connectivity index (χ1) is 25.3. The minimum Gasteiger partial charge on any atom is -0.274 e. The summed E-state index contributed by atoms with van der Waals surface area (Å²) in [5, 5.41) is 1.24. The van der Waals surface area contributed by atoms with Gasteiger partial charge in [0.2, 0.25) is 35.3 Å². The number of carbonyl (C=O) groups is 4. The van der Waals surface area contributed by atoms with E-state index in [9.17, 15) is 45.5 Å². The van der Waals surface area contributed by atoms with E-state index < -0.39 is 128 Å². The van der Waals surface area contributed by atoms with Crippen LogP contribution < -0.4 is 9.80 Å². The monoisotopic (exact) mass is 758 g/mol. The fourth-order valence-electron chi connectivity index (χ4n) is 10.4. The molecule has 4 unspecified atom stereocenters. The van der Waals surface area contributed by atoms with Gasteiger partial charge < -0.3 is 0 Å². The van der Waals surface area contributed by atoms with Crippen LogP contribution in [0.1, 0.15) is 36.1 Å². The van der Waals surface area contributed by atoms with Crippen molar-refractivity contribution in [3.63, 3.8) is 0 Å². The van der Waals surface area contributed by atoms with Crippen molar-refractivity contribution in [3.05, 3.63) is 105 Å². The Labute approximate surface area is 296 Å². The van der Waals surface area contributed by atoms with Gasteiger partial charge in [0.05, 0.1) is 23.7 Å². The summed E-state index contributed by atoms with van der Waals surface area (Å²) in [4.78, 5) is 58.2. The summed E-state index contributed by atoms with van der Waals surface area (Å²) in [6.07, 6.45) is 0. The molecule has 276 valence electrons. The second kappa shape index (κ2) is 10.2. The number of nitrogens with zero attached hydrogens (tertiary/aromatic N) is 2. The van der Waals surface area contributed by atoms with E-state index in [0.29, 0.717) is 33.0 Å². The molecule has 4 atom stereocenters. The van der Waals surface area contributed by atoms with E-state index in [0.717, 1.165) is 0 Å². The van der Waals surface area contributed by atoms with Gasteiger partial charge in [0.1, 0.15) is 11.4 Å². The Morgan fingerprint density at radius 1 is 0.500 bits per heavy atom. The maximum atomic E-state index is 15.4. The number of halogens is 10. The number of allylic oxidation sites excluding steroid dienone is 2. The molecule has 2 aliphatic heterocycles. The lowest BCUT2D eigenvalue weighted by Crippen LogP contribution is -2.63. The Morgan fingerprint density at radius 3 is 1.24 bits per heavy atom. The van der Waals surface area contributed by atoms with Crippen molar-refractivity contribution < 1.29 is 63.1 Å². The van der Waals surface area contributed by atoms with Crippen LogP contribution in [-0.2, 0) is 19.2 Å². The third kappa shape index (κ3) is 3.42. The summed E-state index contributed by atoms with van der Waals surface area (Å²) < 4.78 is 148. The van der Waals surface area contributed by atoms with Crippen LogP contribution in [0.25, 0.3) is 21.9 Å². The summed E-state index contributed by atoms with van der Waals surface area (Å²) in [6.45, 7) is 5.90. The molecule has 6 nitrogen and oxygen atoms in total. The number of aryl methyl sites for hydroxylation is 2. The van der Waals surface area contributed by atoms with Crippen LogP contribution in [-0.4, -0.2) is 23.6 Å². The molecule has 16 heteroatoms. The fraction of sp³-hybridized carbons (Fsp3) is 0.263. The van der Waals surface area contributed by atoms with Crippen LogP contribution in [0.4, 0.5) is 55.3 Å². The predicted molar refractivity (Wildman–Crippen MR) is 168 cm³/mol. The van der Waals surface area contributed by atoms with E-state index in [1.54, 1.807) is 32.0 Å². The van der Waals surface area contributed by atoms with Gasteiger partial charge in [0.25, 0.3) is 0 Å². The van der Waals surface area contributed by atoms with Gasteiger partial charge in [-0.15, -0.1) is 0 Å². The van der Waals surface area contributed by atoms with Gasteiger partial charge in [-0.05, 0) is 58.0 Å². The predicted octanol–water partition coefficient (Wildman–Crippen LogP) is 7.72. The molecule has 6 aliphatic rings. The summed E-state index contributed by atoms with van der Waals surface area (Å²) in [5.74, 6) is -38.7. The third-order valence-electron chi connectivity index (χ3n) is 12.3. The van der Waals surface area contributed by atoms with Crippen LogP contribution in [0, 0.1) is 107 Å². The van der Waals surface area contributed by atoms with Crippen LogP contribution in [0.5, 0.6) is 0 Å². The van der Waals surface area contributed by atoms with Crippen molar-refractivity contribution in [2.75, 3.05) is 9.80 Å². The van der Waals surface area contributed by atoms with Crippen molar-refractivity contribution in [3.8, 4) is 0 Å². The number of imide groups is 2. The Bertz CT molecular complexity index is 2480. The molecule has 4 aromatic carbocycles. The van der Waals surface area contributed by atoms with Crippen LogP contribution in [0.15, 0.2) is 24.3 Å².